The van der Waals surface area contributed by atoms with Crippen LogP contribution >= 0.6 is 23.4 Å². The molecule has 6 heteroatoms. The van der Waals surface area contributed by atoms with Crippen LogP contribution in [-0.2, 0) is 0 Å². The smallest absolute Gasteiger partial charge is 0.160 e. The lowest BCUT2D eigenvalue weighted by atomic mass is 9.94. The van der Waals surface area contributed by atoms with E-state index in [2.05, 4.69) is 22.9 Å². The Hall–Kier alpha value is -1.72. The van der Waals surface area contributed by atoms with Gasteiger partial charge in [0.25, 0.3) is 0 Å². The fourth-order valence-electron chi connectivity index (χ4n) is 3.72. The number of fused-ring (bicyclic) bond motifs is 1. The van der Waals surface area contributed by atoms with Crippen molar-refractivity contribution in [2.75, 3.05) is 12.4 Å². The zero-order valence-electron chi connectivity index (χ0n) is 14.9. The minimum absolute atomic E-state index is 0.0503. The molecule has 0 unspecified atom stereocenters. The van der Waals surface area contributed by atoms with E-state index >= 15 is 0 Å². The van der Waals surface area contributed by atoms with Gasteiger partial charge in [-0.1, -0.05) is 36.4 Å². The third kappa shape index (κ3) is 3.08. The van der Waals surface area contributed by atoms with Crippen molar-refractivity contribution in [3.8, 4) is 5.75 Å². The largest absolute Gasteiger partial charge is 0.494 e. The first-order valence-corrected chi connectivity index (χ1v) is 10.4. The van der Waals surface area contributed by atoms with E-state index in [0.29, 0.717) is 12.6 Å². The summed E-state index contributed by atoms with van der Waals surface area (Å²) in [6.07, 6.45) is 2.92. The molecule has 4 nitrogen and oxygen atoms in total. The minimum atomic E-state index is -0.0503. The maximum atomic E-state index is 6.37. The van der Waals surface area contributed by atoms with E-state index in [4.69, 9.17) is 21.3 Å². The van der Waals surface area contributed by atoms with Crippen LogP contribution in [0.4, 0.5) is 0 Å². The summed E-state index contributed by atoms with van der Waals surface area (Å²) in [6, 6.07) is 12.4. The standard InChI is InChI=1S/C20H22ClN3OS/c1-3-14-12-26-20-23-18(16-7-5-6-10-22-16)19(24(14)20)15-11-13(21)8-9-17(15)25-4-2/h5-11,14,18-19H,3-4,12H2,1-2H3/t14-,18-,19+/m1/s1. The normalized spacial score (nSPS) is 24.5. The summed E-state index contributed by atoms with van der Waals surface area (Å²) in [7, 11) is 0. The van der Waals surface area contributed by atoms with E-state index in [0.717, 1.165) is 39.4 Å². The van der Waals surface area contributed by atoms with Crippen molar-refractivity contribution in [1.29, 1.82) is 0 Å². The van der Waals surface area contributed by atoms with Crippen LogP contribution in [0.5, 0.6) is 5.75 Å². The van der Waals surface area contributed by atoms with Crippen molar-refractivity contribution in [1.82, 2.24) is 9.88 Å². The molecule has 0 spiro atoms. The van der Waals surface area contributed by atoms with Gasteiger partial charge in [0, 0.05) is 28.6 Å². The number of benzene rings is 1. The van der Waals surface area contributed by atoms with Gasteiger partial charge in [-0.3, -0.25) is 9.98 Å². The van der Waals surface area contributed by atoms with Gasteiger partial charge in [0.1, 0.15) is 11.8 Å². The first-order chi connectivity index (χ1) is 12.7. The number of thioether (sulfide) groups is 1. The summed E-state index contributed by atoms with van der Waals surface area (Å²) < 4.78 is 5.94. The number of hydrogen-bond acceptors (Lipinski definition) is 5. The molecule has 4 rings (SSSR count). The van der Waals surface area contributed by atoms with Gasteiger partial charge in [-0.05, 0) is 43.7 Å². The lowest BCUT2D eigenvalue weighted by Gasteiger charge is -2.32. The van der Waals surface area contributed by atoms with Gasteiger partial charge in [0.2, 0.25) is 0 Å². The van der Waals surface area contributed by atoms with E-state index in [9.17, 15) is 0 Å². The fraction of sp³-hybridized carbons (Fsp3) is 0.400. The van der Waals surface area contributed by atoms with Crippen LogP contribution in [0.15, 0.2) is 47.6 Å². The minimum Gasteiger partial charge on any atom is -0.494 e. The molecule has 0 radical (unpaired) electrons. The van der Waals surface area contributed by atoms with Crippen molar-refractivity contribution < 1.29 is 4.74 Å². The van der Waals surface area contributed by atoms with Crippen LogP contribution in [0.2, 0.25) is 5.02 Å². The molecule has 1 saturated heterocycles. The molecule has 2 aliphatic rings. The summed E-state index contributed by atoms with van der Waals surface area (Å²) in [4.78, 5) is 12.1. The van der Waals surface area contributed by atoms with Crippen LogP contribution in [0.1, 0.15) is 43.6 Å². The van der Waals surface area contributed by atoms with Crippen LogP contribution in [0.3, 0.4) is 0 Å². The molecule has 0 saturated carbocycles. The maximum absolute atomic E-state index is 6.37. The van der Waals surface area contributed by atoms with Gasteiger partial charge in [-0.2, -0.15) is 0 Å². The lowest BCUT2D eigenvalue weighted by molar-refractivity contribution is 0.245. The maximum Gasteiger partial charge on any atom is 0.160 e. The fourth-order valence-corrected chi connectivity index (χ4v) is 5.24. The van der Waals surface area contributed by atoms with Crippen molar-refractivity contribution in [3.05, 3.63) is 58.9 Å². The van der Waals surface area contributed by atoms with Crippen LogP contribution < -0.4 is 4.74 Å². The Kier molecular flexibility index (Phi) is 5.09. The molecule has 1 fully saturated rings. The van der Waals surface area contributed by atoms with Crippen molar-refractivity contribution in [3.63, 3.8) is 0 Å². The van der Waals surface area contributed by atoms with Crippen LogP contribution in [-0.4, -0.2) is 33.5 Å². The number of hydrogen-bond donors (Lipinski definition) is 0. The Morgan fingerprint density at radius 3 is 2.88 bits per heavy atom. The van der Waals surface area contributed by atoms with Crippen molar-refractivity contribution >= 4 is 28.5 Å². The average molecular weight is 388 g/mol. The zero-order valence-corrected chi connectivity index (χ0v) is 16.5. The topological polar surface area (TPSA) is 37.7 Å². The Bertz CT molecular complexity index is 814. The third-order valence-electron chi connectivity index (χ3n) is 4.92. The van der Waals surface area contributed by atoms with E-state index in [1.54, 1.807) is 0 Å². The number of ether oxygens (including phenoxy) is 1. The highest BCUT2D eigenvalue weighted by atomic mass is 35.5. The van der Waals surface area contributed by atoms with Gasteiger partial charge in [0.15, 0.2) is 5.17 Å². The van der Waals surface area contributed by atoms with Gasteiger partial charge in [-0.25, -0.2) is 0 Å². The van der Waals surface area contributed by atoms with Crippen molar-refractivity contribution in [2.24, 2.45) is 4.99 Å². The highest BCUT2D eigenvalue weighted by Crippen LogP contribution is 2.50. The second-order valence-electron chi connectivity index (χ2n) is 6.45. The summed E-state index contributed by atoms with van der Waals surface area (Å²) in [5, 5.41) is 1.83. The summed E-state index contributed by atoms with van der Waals surface area (Å²) in [6.45, 7) is 4.86. The van der Waals surface area contributed by atoms with E-state index < -0.39 is 0 Å². The Morgan fingerprint density at radius 1 is 1.27 bits per heavy atom. The van der Waals surface area contributed by atoms with Gasteiger partial charge < -0.3 is 9.64 Å². The molecule has 2 aliphatic heterocycles. The molecule has 0 bridgehead atoms. The lowest BCUT2D eigenvalue weighted by Crippen LogP contribution is -2.35. The number of aliphatic imine (C=N–C) groups is 1. The number of pyridine rings is 1. The molecular weight excluding hydrogens is 366 g/mol. The molecule has 1 aromatic carbocycles. The number of halogens is 1. The monoisotopic (exact) mass is 387 g/mol. The molecule has 0 aliphatic carbocycles. The molecule has 3 atom stereocenters. The molecule has 26 heavy (non-hydrogen) atoms. The predicted octanol–water partition coefficient (Wildman–Crippen LogP) is 5.11. The summed E-state index contributed by atoms with van der Waals surface area (Å²) in [5.41, 5.74) is 2.08. The number of nitrogens with zero attached hydrogens (tertiary/aromatic N) is 3. The molecule has 0 N–H and O–H groups in total. The number of aromatic nitrogens is 1. The number of amidine groups is 1. The van der Waals surface area contributed by atoms with E-state index in [1.807, 2.05) is 55.2 Å². The summed E-state index contributed by atoms with van der Waals surface area (Å²) in [5.74, 6) is 1.96. The van der Waals surface area contributed by atoms with E-state index in [1.165, 1.54) is 0 Å². The average Bonchev–Trinajstić information content (AvgIpc) is 3.23. The second kappa shape index (κ2) is 7.49. The zero-order chi connectivity index (χ0) is 18.1. The second-order valence-corrected chi connectivity index (χ2v) is 7.88. The SMILES string of the molecule is CCOc1ccc(Cl)cc1[C@H]1[C@@H](c2ccccn2)N=C2SC[C@@H](CC)N21. The Labute approximate surface area is 163 Å². The van der Waals surface area contributed by atoms with Gasteiger partial charge in [0.05, 0.1) is 18.3 Å². The van der Waals surface area contributed by atoms with Crippen LogP contribution in [0, 0.1) is 0 Å². The van der Waals surface area contributed by atoms with Crippen LogP contribution in [0.25, 0.3) is 0 Å². The molecule has 136 valence electrons. The molecule has 2 aromatic rings. The molecule has 1 aromatic heterocycles. The molecule has 3 heterocycles. The van der Waals surface area contributed by atoms with Crippen molar-refractivity contribution in [2.45, 2.75) is 38.4 Å². The molecular formula is C20H22ClN3OS. The Morgan fingerprint density at radius 2 is 2.15 bits per heavy atom. The highest BCUT2D eigenvalue weighted by molar-refractivity contribution is 8.14. The Balaban J connectivity index is 1.84. The first kappa shape index (κ1) is 17.7. The number of rotatable bonds is 5. The third-order valence-corrected chi connectivity index (χ3v) is 6.28. The first-order valence-electron chi connectivity index (χ1n) is 9.05. The quantitative estimate of drug-likeness (QED) is 0.714. The predicted molar refractivity (Wildman–Crippen MR) is 108 cm³/mol. The highest BCUT2D eigenvalue weighted by Gasteiger charge is 2.46. The van der Waals surface area contributed by atoms with Gasteiger partial charge in [-0.15, -0.1) is 0 Å². The molecule has 0 amide bonds. The van der Waals surface area contributed by atoms with E-state index in [-0.39, 0.29) is 12.1 Å². The van der Waals surface area contributed by atoms with Gasteiger partial charge >= 0.3 is 0 Å². The summed E-state index contributed by atoms with van der Waals surface area (Å²) >= 11 is 8.21.